The molecule has 8 atom stereocenters. The highest BCUT2D eigenvalue weighted by molar-refractivity contribution is 6.03. The average Bonchev–Trinajstić information content (AvgIpc) is 3.38. The highest BCUT2D eigenvalue weighted by Crippen LogP contribution is 2.78. The van der Waals surface area contributed by atoms with Crippen molar-refractivity contribution in [3.8, 4) is 0 Å². The van der Waals surface area contributed by atoms with Crippen LogP contribution in [0.15, 0.2) is 46.3 Å². The molecule has 2 aliphatic heterocycles. The molecule has 1 aromatic rings. The molecule has 0 radical (unpaired) electrons. The maximum Gasteiger partial charge on any atom is 0.339 e. The lowest BCUT2D eigenvalue weighted by atomic mass is 9.38. The summed E-state index contributed by atoms with van der Waals surface area (Å²) in [4.78, 5) is 39.0. The zero-order valence-corrected chi connectivity index (χ0v) is 20.9. The van der Waals surface area contributed by atoms with Crippen LogP contribution in [0.1, 0.15) is 59.1 Å². The van der Waals surface area contributed by atoms with Crippen LogP contribution in [0.25, 0.3) is 0 Å². The summed E-state index contributed by atoms with van der Waals surface area (Å²) >= 11 is 0. The molecule has 5 rings (SSSR count). The predicted molar refractivity (Wildman–Crippen MR) is 123 cm³/mol. The van der Waals surface area contributed by atoms with Gasteiger partial charge in [-0.2, -0.15) is 0 Å². The number of aliphatic hydroxyl groups is 1. The first-order valence-corrected chi connectivity index (χ1v) is 12.0. The number of ketones is 1. The standard InChI is InChI=1S/C27H32O8/c1-14(2)18-19(29)20(30)26(5)16(24(18,3)10-8-17(28)32-6)7-11-25(4)21(15-9-12-33-13-15)34-23(31)22-27(25,26)35-22/h8-10,12-13,16,20-22,30H,7,11H2,1-6H3/t16-,20+,21+,22-,24-,25+,26+,27-/m1/s1. The number of esters is 2. The molecule has 35 heavy (non-hydrogen) atoms. The minimum atomic E-state index is -1.39. The summed E-state index contributed by atoms with van der Waals surface area (Å²) in [7, 11) is 1.30. The van der Waals surface area contributed by atoms with Gasteiger partial charge in [0, 0.05) is 33.5 Å². The molecule has 3 heterocycles. The average molecular weight is 485 g/mol. The minimum Gasteiger partial charge on any atom is -0.472 e. The maximum atomic E-state index is 13.8. The second kappa shape index (κ2) is 7.40. The summed E-state index contributed by atoms with van der Waals surface area (Å²) in [5.41, 5.74) is -1.89. The van der Waals surface area contributed by atoms with Gasteiger partial charge < -0.3 is 23.7 Å². The monoisotopic (exact) mass is 484 g/mol. The fourth-order valence-electron chi connectivity index (χ4n) is 7.97. The van der Waals surface area contributed by atoms with Crippen molar-refractivity contribution in [2.45, 2.75) is 71.4 Å². The third-order valence-corrected chi connectivity index (χ3v) is 9.41. The number of carbonyl (C=O) groups is 3. The van der Waals surface area contributed by atoms with E-state index in [-0.39, 0.29) is 5.92 Å². The predicted octanol–water partition coefficient (Wildman–Crippen LogP) is 3.45. The van der Waals surface area contributed by atoms with Crippen molar-refractivity contribution in [2.24, 2.45) is 22.2 Å². The topological polar surface area (TPSA) is 116 Å². The molecule has 188 valence electrons. The second-order valence-corrected chi connectivity index (χ2v) is 11.2. The number of cyclic esters (lactones) is 1. The largest absolute Gasteiger partial charge is 0.472 e. The maximum absolute atomic E-state index is 13.8. The lowest BCUT2D eigenvalue weighted by Gasteiger charge is -2.64. The number of methoxy groups -OCH3 is 1. The van der Waals surface area contributed by atoms with E-state index >= 15 is 0 Å². The summed E-state index contributed by atoms with van der Waals surface area (Å²) in [6.07, 6.45) is 4.46. The van der Waals surface area contributed by atoms with Crippen LogP contribution in [-0.4, -0.2) is 47.7 Å². The van der Waals surface area contributed by atoms with Crippen LogP contribution in [0.5, 0.6) is 0 Å². The number of hydrogen-bond donors (Lipinski definition) is 1. The number of allylic oxidation sites excluding steroid dienone is 2. The molecule has 0 bridgehead atoms. The zero-order chi connectivity index (χ0) is 25.6. The van der Waals surface area contributed by atoms with Gasteiger partial charge in [0.25, 0.3) is 0 Å². The van der Waals surface area contributed by atoms with E-state index in [0.717, 1.165) is 5.57 Å². The number of carbonyl (C=O) groups excluding carboxylic acids is 3. The molecule has 0 aromatic carbocycles. The van der Waals surface area contributed by atoms with Crippen molar-refractivity contribution < 1.29 is 38.1 Å². The molecule has 2 saturated carbocycles. The van der Waals surface area contributed by atoms with Gasteiger partial charge in [-0.1, -0.05) is 32.4 Å². The Balaban J connectivity index is 1.72. The summed E-state index contributed by atoms with van der Waals surface area (Å²) in [6.45, 7) is 9.46. The summed E-state index contributed by atoms with van der Waals surface area (Å²) in [5, 5.41) is 11.7. The van der Waals surface area contributed by atoms with Gasteiger partial charge in [-0.05, 0) is 38.7 Å². The van der Waals surface area contributed by atoms with Crippen molar-refractivity contribution in [1.82, 2.24) is 0 Å². The number of fused-ring (bicyclic) bond motifs is 1. The Labute approximate surface area is 204 Å². The normalized spacial score (nSPS) is 44.3. The minimum absolute atomic E-state index is 0.303. The van der Waals surface area contributed by atoms with Crippen molar-refractivity contribution in [1.29, 1.82) is 0 Å². The Morgan fingerprint density at radius 2 is 1.91 bits per heavy atom. The summed E-state index contributed by atoms with van der Waals surface area (Å²) < 4.78 is 22.3. The van der Waals surface area contributed by atoms with E-state index in [4.69, 9.17) is 18.6 Å². The molecule has 1 aromatic heterocycles. The molecule has 1 N–H and O–H groups in total. The van der Waals surface area contributed by atoms with Gasteiger partial charge in [-0.3, -0.25) is 4.79 Å². The van der Waals surface area contributed by atoms with Gasteiger partial charge >= 0.3 is 11.9 Å². The quantitative estimate of drug-likeness (QED) is 0.394. The van der Waals surface area contributed by atoms with Gasteiger partial charge in [-0.25, -0.2) is 9.59 Å². The van der Waals surface area contributed by atoms with Crippen LogP contribution in [-0.2, 0) is 28.6 Å². The van der Waals surface area contributed by atoms with Crippen molar-refractivity contribution in [3.63, 3.8) is 0 Å². The molecule has 1 spiro atoms. The number of Topliss-reactive ketones (excluding diaryl/α,β-unsaturated/α-hetero) is 1. The lowest BCUT2D eigenvalue weighted by molar-refractivity contribution is -0.218. The fraction of sp³-hybridized carbons (Fsp3) is 0.593. The number of aliphatic hydroxyl groups excluding tert-OH is 1. The summed E-state index contributed by atoms with van der Waals surface area (Å²) in [5.74, 6) is -1.75. The number of epoxide rings is 1. The Kier molecular flexibility index (Phi) is 5.07. The molecule has 4 aliphatic rings. The summed E-state index contributed by atoms with van der Waals surface area (Å²) in [6, 6.07) is 1.76. The molecule has 2 saturated heterocycles. The first kappa shape index (κ1) is 24.0. The first-order valence-electron chi connectivity index (χ1n) is 12.0. The Morgan fingerprint density at radius 3 is 2.51 bits per heavy atom. The van der Waals surface area contributed by atoms with Gasteiger partial charge in [0.15, 0.2) is 11.9 Å². The molecular formula is C27H32O8. The lowest BCUT2D eigenvalue weighted by Crippen LogP contribution is -2.72. The van der Waals surface area contributed by atoms with Crippen LogP contribution >= 0.6 is 0 Å². The Hall–Kier alpha value is -2.71. The molecule has 8 nitrogen and oxygen atoms in total. The third-order valence-electron chi connectivity index (χ3n) is 9.41. The van der Waals surface area contributed by atoms with Crippen LogP contribution < -0.4 is 0 Å². The van der Waals surface area contributed by atoms with Gasteiger partial charge in [0.05, 0.1) is 19.6 Å². The molecule has 8 heteroatoms. The van der Waals surface area contributed by atoms with Crippen LogP contribution in [0.3, 0.4) is 0 Å². The van der Waals surface area contributed by atoms with E-state index < -0.39 is 57.9 Å². The molecule has 2 aliphatic carbocycles. The number of rotatable bonds is 3. The van der Waals surface area contributed by atoms with E-state index in [1.54, 1.807) is 18.4 Å². The van der Waals surface area contributed by atoms with Gasteiger partial charge in [0.2, 0.25) is 0 Å². The van der Waals surface area contributed by atoms with E-state index in [9.17, 15) is 19.5 Å². The third kappa shape index (κ3) is 2.72. The van der Waals surface area contributed by atoms with Gasteiger partial charge in [-0.15, -0.1) is 0 Å². The van der Waals surface area contributed by atoms with Crippen molar-refractivity contribution in [3.05, 3.63) is 47.5 Å². The first-order chi connectivity index (χ1) is 16.4. The Bertz CT molecular complexity index is 1160. The zero-order valence-electron chi connectivity index (χ0n) is 20.9. The van der Waals surface area contributed by atoms with E-state index in [2.05, 4.69) is 0 Å². The van der Waals surface area contributed by atoms with Crippen molar-refractivity contribution >= 4 is 17.7 Å². The SMILES string of the molecule is COC(=O)C=C[C@@]1(C)C(=C(C)C)C(=O)[C@H](O)[C@]2(C)[C@@H]1CC[C@@]1(C)[C@H](c3ccoc3)OC(=O)[C@H]3O[C@@]321. The number of hydrogen-bond acceptors (Lipinski definition) is 8. The molecule has 0 unspecified atom stereocenters. The highest BCUT2D eigenvalue weighted by atomic mass is 16.7. The number of furan rings is 1. The smallest absolute Gasteiger partial charge is 0.339 e. The van der Waals surface area contributed by atoms with Crippen LogP contribution in [0.2, 0.25) is 0 Å². The van der Waals surface area contributed by atoms with Crippen LogP contribution in [0.4, 0.5) is 0 Å². The fourth-order valence-corrected chi connectivity index (χ4v) is 7.97. The second-order valence-electron chi connectivity index (χ2n) is 11.2. The van der Waals surface area contributed by atoms with Crippen LogP contribution in [0, 0.1) is 22.2 Å². The molecular weight excluding hydrogens is 452 g/mol. The highest BCUT2D eigenvalue weighted by Gasteiger charge is 2.88. The number of ether oxygens (including phenoxy) is 3. The Morgan fingerprint density at radius 1 is 1.20 bits per heavy atom. The van der Waals surface area contributed by atoms with E-state index in [1.807, 2.05) is 34.6 Å². The molecule has 4 fully saturated rings. The van der Waals surface area contributed by atoms with Crippen molar-refractivity contribution in [2.75, 3.05) is 7.11 Å². The van der Waals surface area contributed by atoms with E-state index in [0.29, 0.717) is 24.0 Å². The van der Waals surface area contributed by atoms with E-state index in [1.165, 1.54) is 19.4 Å². The van der Waals surface area contributed by atoms with Gasteiger partial charge in [0.1, 0.15) is 17.8 Å². The molecule has 0 amide bonds.